The number of ketones is 1. The highest BCUT2D eigenvalue weighted by atomic mass is 35.5. The highest BCUT2D eigenvalue weighted by molar-refractivity contribution is 6.31. The van der Waals surface area contributed by atoms with Gasteiger partial charge in [0.2, 0.25) is 0 Å². The molecule has 0 aromatic heterocycles. The molecular weight excluding hydrogens is 384 g/mol. The monoisotopic (exact) mass is 406 g/mol. The van der Waals surface area contributed by atoms with Crippen molar-refractivity contribution in [2.75, 3.05) is 13.2 Å². The van der Waals surface area contributed by atoms with Gasteiger partial charge in [-0.05, 0) is 48.2 Å². The molecule has 2 aromatic rings. The van der Waals surface area contributed by atoms with Crippen LogP contribution in [0.25, 0.3) is 0 Å². The standard InChI is InChI=1S/C21H23ClO6/c1-2-27-15-6-3-12(4-7-15)9-14-10-13(5-8-16(14)22)21-20(26)19(25)18(24)17(11-23)28-21/h3-8,10,17-19,21,23-25H,2,9,11H2,1H3/t17-,18-,19+,21+/m1/s1. The Labute approximate surface area is 168 Å². The third-order valence-electron chi connectivity index (χ3n) is 4.75. The Hall–Kier alpha value is -1.96. The first-order valence-corrected chi connectivity index (χ1v) is 9.48. The molecule has 0 saturated carbocycles. The first-order chi connectivity index (χ1) is 13.4. The van der Waals surface area contributed by atoms with E-state index in [0.29, 0.717) is 23.6 Å². The predicted octanol–water partition coefficient (Wildman–Crippen LogP) is 2.05. The Kier molecular flexibility index (Phi) is 6.69. The number of hydrogen-bond donors (Lipinski definition) is 3. The summed E-state index contributed by atoms with van der Waals surface area (Å²) in [6.07, 6.45) is -4.64. The summed E-state index contributed by atoms with van der Waals surface area (Å²) >= 11 is 6.33. The van der Waals surface area contributed by atoms with Crippen molar-refractivity contribution in [3.05, 3.63) is 64.2 Å². The van der Waals surface area contributed by atoms with Crippen LogP contribution in [-0.2, 0) is 16.0 Å². The molecule has 0 amide bonds. The minimum Gasteiger partial charge on any atom is -0.494 e. The number of rotatable bonds is 6. The van der Waals surface area contributed by atoms with Crippen LogP contribution in [0.4, 0.5) is 0 Å². The summed E-state index contributed by atoms with van der Waals surface area (Å²) in [6, 6.07) is 12.7. The lowest BCUT2D eigenvalue weighted by molar-refractivity contribution is -0.189. The van der Waals surface area contributed by atoms with Crippen LogP contribution >= 0.6 is 11.6 Å². The summed E-state index contributed by atoms with van der Waals surface area (Å²) in [4.78, 5) is 12.4. The maximum Gasteiger partial charge on any atom is 0.197 e. The molecule has 3 rings (SSSR count). The van der Waals surface area contributed by atoms with E-state index in [1.54, 1.807) is 18.2 Å². The van der Waals surface area contributed by atoms with E-state index in [2.05, 4.69) is 0 Å². The largest absolute Gasteiger partial charge is 0.494 e. The SMILES string of the molecule is CCOc1ccc(Cc2cc([C@@H]3O[C@H](CO)[C@@H](O)[C@H](O)C3=O)ccc2Cl)cc1. The highest BCUT2D eigenvalue weighted by Crippen LogP contribution is 2.32. The molecule has 6 nitrogen and oxygen atoms in total. The molecular formula is C21H23ClO6. The lowest BCUT2D eigenvalue weighted by atomic mass is 9.91. The van der Waals surface area contributed by atoms with Gasteiger partial charge in [0.25, 0.3) is 0 Å². The topological polar surface area (TPSA) is 96.2 Å². The molecule has 28 heavy (non-hydrogen) atoms. The van der Waals surface area contributed by atoms with Gasteiger partial charge in [-0.3, -0.25) is 4.79 Å². The van der Waals surface area contributed by atoms with Crippen molar-refractivity contribution in [1.82, 2.24) is 0 Å². The average Bonchev–Trinajstić information content (AvgIpc) is 2.70. The van der Waals surface area contributed by atoms with Gasteiger partial charge in [-0.15, -0.1) is 0 Å². The van der Waals surface area contributed by atoms with Crippen LogP contribution in [0.3, 0.4) is 0 Å². The lowest BCUT2D eigenvalue weighted by Gasteiger charge is -2.35. The molecule has 1 heterocycles. The van der Waals surface area contributed by atoms with Gasteiger partial charge in [0, 0.05) is 5.02 Å². The molecule has 2 aromatic carbocycles. The molecule has 0 radical (unpaired) electrons. The number of aliphatic hydroxyl groups excluding tert-OH is 3. The minimum atomic E-state index is -1.61. The van der Waals surface area contributed by atoms with Gasteiger partial charge in [-0.1, -0.05) is 35.9 Å². The maximum absolute atomic E-state index is 12.4. The van der Waals surface area contributed by atoms with Crippen molar-refractivity contribution in [1.29, 1.82) is 0 Å². The zero-order valence-electron chi connectivity index (χ0n) is 15.4. The van der Waals surface area contributed by atoms with Gasteiger partial charge in [0.15, 0.2) is 5.78 Å². The van der Waals surface area contributed by atoms with Crippen LogP contribution in [0.1, 0.15) is 29.7 Å². The second kappa shape index (κ2) is 9.03. The summed E-state index contributed by atoms with van der Waals surface area (Å²) in [5, 5.41) is 29.7. The van der Waals surface area contributed by atoms with Crippen LogP contribution in [0, 0.1) is 0 Å². The molecule has 7 heteroatoms. The molecule has 0 spiro atoms. The van der Waals surface area contributed by atoms with Crippen LogP contribution in [0.15, 0.2) is 42.5 Å². The fourth-order valence-electron chi connectivity index (χ4n) is 3.23. The summed E-state index contributed by atoms with van der Waals surface area (Å²) in [5.41, 5.74) is 2.32. The van der Waals surface area contributed by atoms with Gasteiger partial charge in [-0.25, -0.2) is 0 Å². The zero-order valence-corrected chi connectivity index (χ0v) is 16.2. The normalized spacial score (nSPS) is 25.0. The van der Waals surface area contributed by atoms with Crippen molar-refractivity contribution < 1.29 is 29.6 Å². The van der Waals surface area contributed by atoms with Crippen LogP contribution in [0.5, 0.6) is 5.75 Å². The first-order valence-electron chi connectivity index (χ1n) is 9.10. The van der Waals surface area contributed by atoms with Gasteiger partial charge in [0.05, 0.1) is 13.2 Å². The van der Waals surface area contributed by atoms with Crippen LogP contribution in [-0.4, -0.2) is 52.6 Å². The van der Waals surface area contributed by atoms with E-state index < -0.39 is 36.8 Å². The van der Waals surface area contributed by atoms with Crippen LogP contribution in [0.2, 0.25) is 5.02 Å². The summed E-state index contributed by atoms with van der Waals surface area (Å²) in [6.45, 7) is 2.01. The van der Waals surface area contributed by atoms with Crippen molar-refractivity contribution >= 4 is 17.4 Å². The fourth-order valence-corrected chi connectivity index (χ4v) is 3.41. The fraction of sp³-hybridized carbons (Fsp3) is 0.381. The van der Waals surface area contributed by atoms with E-state index in [9.17, 15) is 20.1 Å². The van der Waals surface area contributed by atoms with Crippen molar-refractivity contribution in [3.63, 3.8) is 0 Å². The molecule has 150 valence electrons. The van der Waals surface area contributed by atoms with E-state index in [1.807, 2.05) is 31.2 Å². The molecule has 0 unspecified atom stereocenters. The maximum atomic E-state index is 12.4. The number of carbonyl (C=O) groups is 1. The summed E-state index contributed by atoms with van der Waals surface area (Å²) in [5.74, 6) is 0.140. The van der Waals surface area contributed by atoms with Gasteiger partial charge in [-0.2, -0.15) is 0 Å². The molecule has 0 bridgehead atoms. The van der Waals surface area contributed by atoms with Gasteiger partial charge in [0.1, 0.15) is 30.2 Å². The smallest absolute Gasteiger partial charge is 0.197 e. The number of aliphatic hydroxyl groups is 3. The Morgan fingerprint density at radius 2 is 1.86 bits per heavy atom. The third kappa shape index (κ3) is 4.37. The minimum absolute atomic E-state index is 0.505. The number of Topliss-reactive ketones (excluding diaryl/α,β-unsaturated/α-hetero) is 1. The molecule has 1 saturated heterocycles. The summed E-state index contributed by atoms with van der Waals surface area (Å²) in [7, 11) is 0. The lowest BCUT2D eigenvalue weighted by Crippen LogP contribution is -2.53. The van der Waals surface area contributed by atoms with E-state index in [4.69, 9.17) is 21.1 Å². The number of halogens is 1. The second-order valence-corrected chi connectivity index (χ2v) is 7.09. The molecule has 1 fully saturated rings. The number of carbonyl (C=O) groups excluding carboxylic acids is 1. The Morgan fingerprint density at radius 3 is 2.50 bits per heavy atom. The average molecular weight is 407 g/mol. The van der Waals surface area contributed by atoms with E-state index in [1.165, 1.54) is 0 Å². The molecule has 1 aliphatic rings. The zero-order chi connectivity index (χ0) is 20.3. The highest BCUT2D eigenvalue weighted by Gasteiger charge is 2.43. The quantitative estimate of drug-likeness (QED) is 0.679. The third-order valence-corrected chi connectivity index (χ3v) is 5.12. The van der Waals surface area contributed by atoms with E-state index >= 15 is 0 Å². The number of ether oxygens (including phenoxy) is 2. The Bertz CT molecular complexity index is 822. The van der Waals surface area contributed by atoms with Crippen molar-refractivity contribution in [2.24, 2.45) is 0 Å². The van der Waals surface area contributed by atoms with E-state index in [0.717, 1.165) is 16.9 Å². The van der Waals surface area contributed by atoms with E-state index in [-0.39, 0.29) is 0 Å². The number of benzene rings is 2. The van der Waals surface area contributed by atoms with Crippen LogP contribution < -0.4 is 4.74 Å². The predicted molar refractivity (Wildman–Crippen MR) is 104 cm³/mol. The van der Waals surface area contributed by atoms with Gasteiger partial charge >= 0.3 is 0 Å². The number of hydrogen-bond acceptors (Lipinski definition) is 6. The first kappa shape index (κ1) is 20.8. The van der Waals surface area contributed by atoms with Crippen molar-refractivity contribution in [3.8, 4) is 5.75 Å². The molecule has 1 aliphatic heterocycles. The van der Waals surface area contributed by atoms with Crippen molar-refractivity contribution in [2.45, 2.75) is 37.8 Å². The Balaban J connectivity index is 1.83. The molecule has 4 atom stereocenters. The molecule has 0 aliphatic carbocycles. The second-order valence-electron chi connectivity index (χ2n) is 6.68. The summed E-state index contributed by atoms with van der Waals surface area (Å²) < 4.78 is 11.0. The Morgan fingerprint density at radius 1 is 1.14 bits per heavy atom. The molecule has 3 N–H and O–H groups in total. The van der Waals surface area contributed by atoms with Gasteiger partial charge < -0.3 is 24.8 Å².